The molecule has 0 aliphatic carbocycles. The Kier molecular flexibility index (Phi) is 6.86. The molecule has 0 aromatic carbocycles. The monoisotopic (exact) mass is 328 g/mol. The van der Waals surface area contributed by atoms with E-state index in [0.717, 1.165) is 26.1 Å². The van der Waals surface area contributed by atoms with E-state index in [0.29, 0.717) is 19.5 Å². The highest BCUT2D eigenvalue weighted by Crippen LogP contribution is 2.13. The molecule has 23 heavy (non-hydrogen) atoms. The quantitative estimate of drug-likeness (QED) is 0.743. The van der Waals surface area contributed by atoms with Crippen LogP contribution in [0.25, 0.3) is 0 Å². The smallest absolute Gasteiger partial charge is 0.410 e. The van der Waals surface area contributed by atoms with Crippen molar-refractivity contribution in [3.63, 3.8) is 0 Å². The number of ether oxygens (including phenoxy) is 2. The predicted octanol–water partition coefficient (Wildman–Crippen LogP) is 2.66. The summed E-state index contributed by atoms with van der Waals surface area (Å²) in [7, 11) is 0. The summed E-state index contributed by atoms with van der Waals surface area (Å²) in [5.74, 6) is -0.148. The molecule has 1 amide bonds. The van der Waals surface area contributed by atoms with Crippen LogP contribution in [-0.2, 0) is 14.3 Å². The van der Waals surface area contributed by atoms with Crippen LogP contribution >= 0.6 is 0 Å². The Morgan fingerprint density at radius 2 is 1.39 bits per heavy atom. The van der Waals surface area contributed by atoms with Gasteiger partial charge in [-0.2, -0.15) is 0 Å². The number of esters is 1. The minimum Gasteiger partial charge on any atom is -0.460 e. The third kappa shape index (κ3) is 8.79. The first-order valence-electron chi connectivity index (χ1n) is 8.38. The molecule has 0 aromatic rings. The molecule has 1 aliphatic rings. The number of hydrogen-bond donors (Lipinski definition) is 0. The highest BCUT2D eigenvalue weighted by atomic mass is 16.6. The lowest BCUT2D eigenvalue weighted by molar-refractivity contribution is -0.155. The van der Waals surface area contributed by atoms with Gasteiger partial charge in [-0.15, -0.1) is 0 Å². The Morgan fingerprint density at radius 1 is 0.870 bits per heavy atom. The maximum absolute atomic E-state index is 12.0. The van der Waals surface area contributed by atoms with Crippen molar-refractivity contribution in [2.45, 2.75) is 65.6 Å². The van der Waals surface area contributed by atoms with E-state index in [4.69, 9.17) is 9.47 Å². The van der Waals surface area contributed by atoms with Gasteiger partial charge in [-0.3, -0.25) is 9.69 Å². The SMILES string of the molecule is CC(C)(C)OC(=O)CCCN1CCN(C(=O)OC(C)(C)C)CC1. The van der Waals surface area contributed by atoms with Crippen molar-refractivity contribution in [2.75, 3.05) is 32.7 Å². The van der Waals surface area contributed by atoms with Gasteiger partial charge < -0.3 is 14.4 Å². The Labute approximate surface area is 140 Å². The van der Waals surface area contributed by atoms with E-state index in [2.05, 4.69) is 4.90 Å². The second kappa shape index (κ2) is 7.99. The van der Waals surface area contributed by atoms with Crippen LogP contribution in [0.1, 0.15) is 54.4 Å². The summed E-state index contributed by atoms with van der Waals surface area (Å²) in [6, 6.07) is 0. The van der Waals surface area contributed by atoms with Crippen LogP contribution in [0, 0.1) is 0 Å². The molecule has 1 saturated heterocycles. The first kappa shape index (κ1) is 19.7. The number of amides is 1. The van der Waals surface area contributed by atoms with Crippen LogP contribution in [-0.4, -0.2) is 65.8 Å². The molecule has 134 valence electrons. The fourth-order valence-electron chi connectivity index (χ4n) is 2.32. The molecule has 1 aliphatic heterocycles. The largest absolute Gasteiger partial charge is 0.460 e. The zero-order valence-corrected chi connectivity index (χ0v) is 15.5. The molecule has 0 saturated carbocycles. The number of carbonyl (C=O) groups excluding carboxylic acids is 2. The van der Waals surface area contributed by atoms with Gasteiger partial charge in [0.15, 0.2) is 0 Å². The van der Waals surface area contributed by atoms with Gasteiger partial charge in [0, 0.05) is 32.6 Å². The fourth-order valence-corrected chi connectivity index (χ4v) is 2.32. The second-order valence-corrected chi connectivity index (χ2v) is 8.00. The number of carbonyl (C=O) groups is 2. The van der Waals surface area contributed by atoms with Gasteiger partial charge in [0.1, 0.15) is 11.2 Å². The molecule has 0 atom stereocenters. The van der Waals surface area contributed by atoms with Crippen molar-refractivity contribution in [2.24, 2.45) is 0 Å². The van der Waals surface area contributed by atoms with Crippen molar-refractivity contribution in [3.05, 3.63) is 0 Å². The topological polar surface area (TPSA) is 59.1 Å². The summed E-state index contributed by atoms with van der Waals surface area (Å²) in [4.78, 5) is 27.7. The maximum Gasteiger partial charge on any atom is 0.410 e. The van der Waals surface area contributed by atoms with Crippen LogP contribution in [0.5, 0.6) is 0 Å². The second-order valence-electron chi connectivity index (χ2n) is 8.00. The number of nitrogens with zero attached hydrogens (tertiary/aromatic N) is 2. The number of piperazine rings is 1. The third-order valence-electron chi connectivity index (χ3n) is 3.30. The van der Waals surface area contributed by atoms with Gasteiger partial charge in [0.25, 0.3) is 0 Å². The van der Waals surface area contributed by atoms with Gasteiger partial charge in [-0.25, -0.2) is 4.79 Å². The molecule has 1 fully saturated rings. The summed E-state index contributed by atoms with van der Waals surface area (Å²) in [5, 5.41) is 0. The summed E-state index contributed by atoms with van der Waals surface area (Å²) in [5.41, 5.74) is -0.877. The molecule has 0 unspecified atom stereocenters. The molecule has 6 heteroatoms. The molecular weight excluding hydrogens is 296 g/mol. The van der Waals surface area contributed by atoms with Gasteiger partial charge in [0.05, 0.1) is 0 Å². The molecule has 0 spiro atoms. The number of hydrogen-bond acceptors (Lipinski definition) is 5. The van der Waals surface area contributed by atoms with E-state index in [1.807, 2.05) is 41.5 Å². The highest BCUT2D eigenvalue weighted by Gasteiger charge is 2.25. The minimum absolute atomic E-state index is 0.148. The molecule has 0 bridgehead atoms. The molecule has 0 radical (unpaired) electrons. The lowest BCUT2D eigenvalue weighted by atomic mass is 10.2. The van der Waals surface area contributed by atoms with Crippen molar-refractivity contribution in [1.82, 2.24) is 9.80 Å². The van der Waals surface area contributed by atoms with Crippen molar-refractivity contribution in [3.8, 4) is 0 Å². The first-order valence-corrected chi connectivity index (χ1v) is 8.38. The molecule has 1 rings (SSSR count). The van der Waals surface area contributed by atoms with Gasteiger partial charge in [0.2, 0.25) is 0 Å². The lowest BCUT2D eigenvalue weighted by Gasteiger charge is -2.35. The Bertz CT molecular complexity index is 399. The predicted molar refractivity (Wildman–Crippen MR) is 89.3 cm³/mol. The van der Waals surface area contributed by atoms with Crippen LogP contribution < -0.4 is 0 Å². The number of rotatable bonds is 4. The highest BCUT2D eigenvalue weighted by molar-refractivity contribution is 5.69. The van der Waals surface area contributed by atoms with Crippen molar-refractivity contribution >= 4 is 12.1 Å². The average molecular weight is 328 g/mol. The Balaban J connectivity index is 2.22. The third-order valence-corrected chi connectivity index (χ3v) is 3.30. The molecule has 6 nitrogen and oxygen atoms in total. The zero-order chi connectivity index (χ0) is 17.7. The summed E-state index contributed by atoms with van der Waals surface area (Å²) >= 11 is 0. The van der Waals surface area contributed by atoms with E-state index < -0.39 is 11.2 Å². The van der Waals surface area contributed by atoms with Crippen LogP contribution in [0.2, 0.25) is 0 Å². The normalized spacial score (nSPS) is 17.0. The Hall–Kier alpha value is -1.30. The molecule has 0 N–H and O–H groups in total. The Morgan fingerprint density at radius 3 is 1.87 bits per heavy atom. The van der Waals surface area contributed by atoms with E-state index in [1.165, 1.54) is 0 Å². The van der Waals surface area contributed by atoms with Gasteiger partial charge in [-0.1, -0.05) is 0 Å². The maximum atomic E-state index is 12.0. The lowest BCUT2D eigenvalue weighted by Crippen LogP contribution is -2.50. The van der Waals surface area contributed by atoms with Crippen LogP contribution in [0.15, 0.2) is 0 Å². The average Bonchev–Trinajstić information content (AvgIpc) is 2.35. The van der Waals surface area contributed by atoms with Gasteiger partial charge >= 0.3 is 12.1 Å². The van der Waals surface area contributed by atoms with Gasteiger partial charge in [-0.05, 0) is 54.5 Å². The van der Waals surface area contributed by atoms with Crippen LogP contribution in [0.3, 0.4) is 0 Å². The van der Waals surface area contributed by atoms with E-state index in [9.17, 15) is 9.59 Å². The fraction of sp³-hybridized carbons (Fsp3) is 0.882. The summed E-state index contributed by atoms with van der Waals surface area (Å²) in [6.07, 6.45) is 0.969. The van der Waals surface area contributed by atoms with Crippen molar-refractivity contribution in [1.29, 1.82) is 0 Å². The van der Waals surface area contributed by atoms with E-state index >= 15 is 0 Å². The molecule has 0 aromatic heterocycles. The van der Waals surface area contributed by atoms with Crippen LogP contribution in [0.4, 0.5) is 4.79 Å². The summed E-state index contributed by atoms with van der Waals surface area (Å²) in [6.45, 7) is 15.1. The van der Waals surface area contributed by atoms with E-state index in [-0.39, 0.29) is 12.1 Å². The first-order chi connectivity index (χ1) is 10.5. The molecular formula is C17H32N2O4. The molecule has 1 heterocycles. The zero-order valence-electron chi connectivity index (χ0n) is 15.5. The standard InChI is InChI=1S/C17H32N2O4/c1-16(2,3)22-14(20)8-7-9-18-10-12-19(13-11-18)15(21)23-17(4,5)6/h7-13H2,1-6H3. The minimum atomic E-state index is -0.457. The summed E-state index contributed by atoms with van der Waals surface area (Å²) < 4.78 is 10.7. The van der Waals surface area contributed by atoms with Crippen molar-refractivity contribution < 1.29 is 19.1 Å². The van der Waals surface area contributed by atoms with E-state index in [1.54, 1.807) is 4.90 Å².